The first-order chi connectivity index (χ1) is 32.1. The predicted molar refractivity (Wildman–Crippen MR) is 258 cm³/mol. The van der Waals surface area contributed by atoms with Crippen LogP contribution >= 0.6 is 0 Å². The van der Waals surface area contributed by atoms with E-state index in [2.05, 4.69) is 55.6 Å². The number of hydrogen-bond donors (Lipinski definition) is 9. The van der Waals surface area contributed by atoms with Crippen LogP contribution < -0.4 is 5.32 Å². The summed E-state index contributed by atoms with van der Waals surface area (Å²) in [6.07, 6.45) is 28.6. The molecular formula is C52H93NO13. The lowest BCUT2D eigenvalue weighted by Crippen LogP contribution is -2.65. The van der Waals surface area contributed by atoms with Gasteiger partial charge < -0.3 is 65.1 Å². The van der Waals surface area contributed by atoms with Gasteiger partial charge in [-0.2, -0.15) is 0 Å². The largest absolute Gasteiger partial charge is 0.394 e. The van der Waals surface area contributed by atoms with E-state index >= 15 is 0 Å². The van der Waals surface area contributed by atoms with Gasteiger partial charge in [-0.3, -0.25) is 4.79 Å². The van der Waals surface area contributed by atoms with Crippen molar-refractivity contribution in [3.63, 3.8) is 0 Å². The molecule has 0 saturated carbocycles. The second-order valence-corrected chi connectivity index (χ2v) is 18.3. The highest BCUT2D eigenvalue weighted by Crippen LogP contribution is 2.30. The van der Waals surface area contributed by atoms with Crippen LogP contribution in [0.15, 0.2) is 48.6 Å². The lowest BCUT2D eigenvalue weighted by molar-refractivity contribution is -0.359. The summed E-state index contributed by atoms with van der Waals surface area (Å²) in [5, 5.41) is 86.8. The molecule has 2 aliphatic heterocycles. The first-order valence-corrected chi connectivity index (χ1v) is 25.9. The van der Waals surface area contributed by atoms with Gasteiger partial charge in [-0.1, -0.05) is 172 Å². The number of ether oxygens (including phenoxy) is 4. The molecule has 2 fully saturated rings. The van der Waals surface area contributed by atoms with E-state index in [1.165, 1.54) is 83.5 Å². The highest BCUT2D eigenvalue weighted by molar-refractivity contribution is 5.76. The molecule has 12 unspecified atom stereocenters. The highest BCUT2D eigenvalue weighted by atomic mass is 16.7. The standard InChI is InChI=1S/C52H93NO13/c1-3-5-7-9-11-13-15-17-19-20-22-23-25-27-29-31-33-35-41(56)40(53-44(57)36-34-32-30-28-26-24-21-18-16-14-12-10-8-6-4-2)39-63-51-49(62)47(60)50(43(38-55)65-51)66-52-48(61)46(59)45(58)42(37-54)64-52/h6,8,12,14,18,21,33,35,40-43,45-52,54-56,58-62H,3-5,7,9-11,13,15-17,19-20,22-32,34,36-39H2,1-2H3,(H,53,57)/b8-6-,14-12-,21-18-,35-33+. The maximum absolute atomic E-state index is 13.2. The van der Waals surface area contributed by atoms with Crippen LogP contribution in [0.3, 0.4) is 0 Å². The van der Waals surface area contributed by atoms with E-state index < -0.39 is 86.8 Å². The van der Waals surface area contributed by atoms with E-state index in [0.717, 1.165) is 70.6 Å². The van der Waals surface area contributed by atoms with Crippen LogP contribution in [0.4, 0.5) is 0 Å². The molecule has 12 atom stereocenters. The van der Waals surface area contributed by atoms with Crippen molar-refractivity contribution in [2.24, 2.45) is 0 Å². The number of carbonyl (C=O) groups excluding carboxylic acids is 1. The second-order valence-electron chi connectivity index (χ2n) is 18.3. The van der Waals surface area contributed by atoms with Crippen LogP contribution in [0.2, 0.25) is 0 Å². The predicted octanol–water partition coefficient (Wildman–Crippen LogP) is 6.88. The Morgan fingerprint density at radius 2 is 1.05 bits per heavy atom. The minimum Gasteiger partial charge on any atom is -0.394 e. The number of carbonyl (C=O) groups is 1. The molecule has 0 aromatic rings. The van der Waals surface area contributed by atoms with E-state index in [9.17, 15) is 45.6 Å². The van der Waals surface area contributed by atoms with Crippen molar-refractivity contribution in [2.75, 3.05) is 19.8 Å². The molecule has 0 bridgehead atoms. The van der Waals surface area contributed by atoms with Crippen molar-refractivity contribution in [1.82, 2.24) is 5.32 Å². The summed E-state index contributed by atoms with van der Waals surface area (Å²) >= 11 is 0. The van der Waals surface area contributed by atoms with Crippen molar-refractivity contribution >= 4 is 5.91 Å². The minimum atomic E-state index is -1.79. The van der Waals surface area contributed by atoms with Gasteiger partial charge in [-0.15, -0.1) is 0 Å². The van der Waals surface area contributed by atoms with Crippen molar-refractivity contribution in [3.8, 4) is 0 Å². The molecule has 0 aliphatic carbocycles. The number of amides is 1. The molecular weight excluding hydrogens is 847 g/mol. The van der Waals surface area contributed by atoms with E-state index in [-0.39, 0.29) is 18.9 Å². The lowest BCUT2D eigenvalue weighted by Gasteiger charge is -2.46. The van der Waals surface area contributed by atoms with Crippen LogP contribution in [0.25, 0.3) is 0 Å². The Hall–Kier alpha value is -2.05. The number of unbranched alkanes of at least 4 members (excludes halogenated alkanes) is 20. The Labute approximate surface area is 397 Å². The number of hydrogen-bond acceptors (Lipinski definition) is 13. The summed E-state index contributed by atoms with van der Waals surface area (Å²) in [4.78, 5) is 13.2. The summed E-state index contributed by atoms with van der Waals surface area (Å²) in [5.41, 5.74) is 0. The SMILES string of the molecule is CC/C=C\C/C=C\C/C=C\CCCCCCCC(=O)NC(COC1OC(CO)C(OC2OC(CO)C(O)C(O)C2O)C(O)C1O)C(O)/C=C/CCCCCCCCCCCCCCCCC. The Balaban J connectivity index is 1.86. The van der Waals surface area contributed by atoms with Crippen LogP contribution in [-0.4, -0.2) is 140 Å². The third-order valence-electron chi connectivity index (χ3n) is 12.5. The Kier molecular flexibility index (Phi) is 35.3. The van der Waals surface area contributed by atoms with Crippen LogP contribution in [0, 0.1) is 0 Å². The Morgan fingerprint density at radius 1 is 0.561 bits per heavy atom. The molecule has 1 amide bonds. The van der Waals surface area contributed by atoms with Crippen LogP contribution in [-0.2, 0) is 23.7 Å². The zero-order valence-electron chi connectivity index (χ0n) is 40.7. The molecule has 0 aromatic heterocycles. The molecule has 2 rings (SSSR count). The quantitative estimate of drug-likeness (QED) is 0.0227. The first kappa shape index (κ1) is 60.1. The molecule has 0 radical (unpaired) electrons. The average Bonchev–Trinajstić information content (AvgIpc) is 3.31. The molecule has 0 aromatic carbocycles. The monoisotopic (exact) mass is 940 g/mol. The van der Waals surface area contributed by atoms with Gasteiger partial charge in [0.15, 0.2) is 12.6 Å². The number of nitrogens with one attached hydrogen (secondary N) is 1. The molecule has 0 spiro atoms. The molecule has 14 nitrogen and oxygen atoms in total. The Morgan fingerprint density at radius 3 is 1.61 bits per heavy atom. The van der Waals surface area contributed by atoms with E-state index in [0.29, 0.717) is 6.42 Å². The lowest BCUT2D eigenvalue weighted by atomic mass is 9.97. The number of aliphatic hydroxyl groups is 8. The summed E-state index contributed by atoms with van der Waals surface area (Å²) in [7, 11) is 0. The van der Waals surface area contributed by atoms with E-state index in [1.807, 2.05) is 6.08 Å². The van der Waals surface area contributed by atoms with Crippen molar-refractivity contribution in [2.45, 2.75) is 254 Å². The molecule has 384 valence electrons. The third kappa shape index (κ3) is 25.5. The zero-order chi connectivity index (χ0) is 48.2. The van der Waals surface area contributed by atoms with Gasteiger partial charge in [0, 0.05) is 6.42 Å². The van der Waals surface area contributed by atoms with Gasteiger partial charge in [0.25, 0.3) is 0 Å². The fraction of sp³-hybridized carbons (Fsp3) is 0.827. The number of aliphatic hydroxyl groups excluding tert-OH is 8. The molecule has 2 heterocycles. The first-order valence-electron chi connectivity index (χ1n) is 25.9. The van der Waals surface area contributed by atoms with Gasteiger partial charge >= 0.3 is 0 Å². The zero-order valence-corrected chi connectivity index (χ0v) is 40.7. The van der Waals surface area contributed by atoms with Gasteiger partial charge in [0.05, 0.1) is 32.0 Å². The number of allylic oxidation sites excluding steroid dienone is 7. The Bertz CT molecular complexity index is 1290. The van der Waals surface area contributed by atoms with Crippen LogP contribution in [0.5, 0.6) is 0 Å². The molecule has 66 heavy (non-hydrogen) atoms. The summed E-state index contributed by atoms with van der Waals surface area (Å²) in [5.74, 6) is -0.258. The highest BCUT2D eigenvalue weighted by Gasteiger charge is 2.51. The smallest absolute Gasteiger partial charge is 0.220 e. The molecule has 9 N–H and O–H groups in total. The average molecular weight is 940 g/mol. The van der Waals surface area contributed by atoms with E-state index in [4.69, 9.17) is 18.9 Å². The molecule has 2 saturated heterocycles. The normalized spacial score (nSPS) is 27.2. The molecule has 14 heteroatoms. The number of rotatable bonds is 39. The van der Waals surface area contributed by atoms with Gasteiger partial charge in [-0.25, -0.2) is 0 Å². The van der Waals surface area contributed by atoms with Gasteiger partial charge in [-0.05, 0) is 51.4 Å². The third-order valence-corrected chi connectivity index (χ3v) is 12.5. The minimum absolute atomic E-state index is 0.258. The molecule has 2 aliphatic rings. The van der Waals surface area contributed by atoms with Crippen molar-refractivity contribution in [3.05, 3.63) is 48.6 Å². The maximum atomic E-state index is 13.2. The van der Waals surface area contributed by atoms with Crippen molar-refractivity contribution in [1.29, 1.82) is 0 Å². The summed E-state index contributed by atoms with van der Waals surface area (Å²) in [6, 6.07) is -0.923. The fourth-order valence-electron chi connectivity index (χ4n) is 8.30. The second kappa shape index (κ2) is 38.8. The topological polar surface area (TPSA) is 228 Å². The van der Waals surface area contributed by atoms with E-state index in [1.54, 1.807) is 6.08 Å². The van der Waals surface area contributed by atoms with Gasteiger partial charge in [0.2, 0.25) is 5.91 Å². The summed E-state index contributed by atoms with van der Waals surface area (Å²) < 4.78 is 22.7. The van der Waals surface area contributed by atoms with Crippen molar-refractivity contribution < 1.29 is 64.6 Å². The fourth-order valence-corrected chi connectivity index (χ4v) is 8.30. The van der Waals surface area contributed by atoms with Crippen LogP contribution in [0.1, 0.15) is 181 Å². The summed E-state index contributed by atoms with van der Waals surface area (Å²) in [6.45, 7) is 2.65. The van der Waals surface area contributed by atoms with Gasteiger partial charge in [0.1, 0.15) is 48.8 Å². The maximum Gasteiger partial charge on any atom is 0.220 e.